The fourth-order valence-corrected chi connectivity index (χ4v) is 4.09. The predicted octanol–water partition coefficient (Wildman–Crippen LogP) is 3.65. The van der Waals surface area contributed by atoms with Crippen molar-refractivity contribution in [1.29, 1.82) is 5.26 Å². The number of aromatic nitrogens is 1. The van der Waals surface area contributed by atoms with Gasteiger partial charge in [0.15, 0.2) is 0 Å². The van der Waals surface area contributed by atoms with E-state index in [0.717, 1.165) is 53.4 Å². The molecule has 0 saturated heterocycles. The first-order valence-electron chi connectivity index (χ1n) is 11.1. The van der Waals surface area contributed by atoms with Gasteiger partial charge in [-0.3, -0.25) is 9.59 Å². The average molecular weight is 434 g/mol. The molecule has 168 valence electrons. The van der Waals surface area contributed by atoms with E-state index in [9.17, 15) is 9.59 Å². The lowest BCUT2D eigenvalue weighted by atomic mass is 10.00. The fraction of sp³-hybridized carbons (Fsp3) is 0.400. The molecular formula is C25H31N5O2. The molecule has 32 heavy (non-hydrogen) atoms. The number of nitriles is 1. The molecule has 2 amide bonds. The number of aromatic amines is 1. The van der Waals surface area contributed by atoms with Gasteiger partial charge < -0.3 is 20.5 Å². The number of rotatable bonds is 9. The van der Waals surface area contributed by atoms with E-state index in [1.807, 2.05) is 38.1 Å². The van der Waals surface area contributed by atoms with E-state index in [4.69, 9.17) is 5.26 Å². The van der Waals surface area contributed by atoms with Gasteiger partial charge >= 0.3 is 0 Å². The summed E-state index contributed by atoms with van der Waals surface area (Å²) >= 11 is 0. The Morgan fingerprint density at radius 2 is 2.00 bits per heavy atom. The van der Waals surface area contributed by atoms with Gasteiger partial charge in [-0.25, -0.2) is 0 Å². The molecule has 1 aromatic carbocycles. The molecule has 1 aliphatic rings. The van der Waals surface area contributed by atoms with Crippen molar-refractivity contribution in [3.05, 3.63) is 51.8 Å². The van der Waals surface area contributed by atoms with Crippen LogP contribution in [0.3, 0.4) is 0 Å². The summed E-state index contributed by atoms with van der Waals surface area (Å²) < 4.78 is 0. The summed E-state index contributed by atoms with van der Waals surface area (Å²) in [5.74, 6) is -0.280. The molecule has 0 saturated carbocycles. The van der Waals surface area contributed by atoms with Crippen molar-refractivity contribution in [3.8, 4) is 6.07 Å². The van der Waals surface area contributed by atoms with Crippen molar-refractivity contribution in [2.75, 3.05) is 31.5 Å². The number of anilines is 1. The van der Waals surface area contributed by atoms with Crippen LogP contribution in [0.1, 0.15) is 58.7 Å². The Kier molecular flexibility index (Phi) is 7.49. The molecule has 0 aliphatic carbocycles. The van der Waals surface area contributed by atoms with Gasteiger partial charge in [0.25, 0.3) is 11.8 Å². The molecule has 0 radical (unpaired) electrons. The van der Waals surface area contributed by atoms with Crippen LogP contribution in [0.4, 0.5) is 5.69 Å². The molecular weight excluding hydrogens is 402 g/mol. The molecule has 2 heterocycles. The SMILES string of the molecule is CCN(CC)CCNC(=O)c1c(C)[nH]c(/C=C2\C(=O)Nc3ccc(CCC#N)cc32)c1C. The molecule has 3 N–H and O–H groups in total. The second kappa shape index (κ2) is 10.3. The van der Waals surface area contributed by atoms with Crippen LogP contribution in [0.25, 0.3) is 11.6 Å². The van der Waals surface area contributed by atoms with Crippen molar-refractivity contribution in [2.45, 2.75) is 40.5 Å². The summed E-state index contributed by atoms with van der Waals surface area (Å²) in [6.07, 6.45) is 2.88. The number of nitrogens with one attached hydrogen (secondary N) is 3. The van der Waals surface area contributed by atoms with Crippen LogP contribution in [0, 0.1) is 25.2 Å². The minimum atomic E-state index is -0.172. The van der Waals surface area contributed by atoms with Gasteiger partial charge in [0, 0.05) is 42.1 Å². The molecule has 1 aromatic heterocycles. The van der Waals surface area contributed by atoms with Crippen LogP contribution in [0.5, 0.6) is 0 Å². The van der Waals surface area contributed by atoms with Gasteiger partial charge in [-0.15, -0.1) is 0 Å². The standard InChI is InChI=1S/C25H31N5O2/c1-5-30(6-2)13-12-27-25(32)23-16(3)22(28-17(23)4)15-20-19-14-18(8-7-11-26)9-10-21(19)29-24(20)31/h9-10,14-15,28H,5-8,12-13H2,1-4H3,(H,27,32)(H,29,31)/b20-15-. The highest BCUT2D eigenvalue weighted by Crippen LogP contribution is 2.35. The van der Waals surface area contributed by atoms with Gasteiger partial charge in [0.2, 0.25) is 0 Å². The molecule has 0 unspecified atom stereocenters. The summed E-state index contributed by atoms with van der Waals surface area (Å²) in [4.78, 5) is 31.0. The minimum Gasteiger partial charge on any atom is -0.358 e. The van der Waals surface area contributed by atoms with E-state index < -0.39 is 0 Å². The fourth-order valence-electron chi connectivity index (χ4n) is 4.09. The Bertz CT molecular complexity index is 1090. The van der Waals surface area contributed by atoms with Crippen LogP contribution in [-0.4, -0.2) is 47.9 Å². The number of likely N-dealkylation sites (N-methyl/N-ethyl adjacent to an activating group) is 1. The maximum absolute atomic E-state index is 12.8. The number of carbonyl (C=O) groups excluding carboxylic acids is 2. The molecule has 2 aromatic rings. The summed E-state index contributed by atoms with van der Waals surface area (Å²) in [6.45, 7) is 11.3. The lowest BCUT2D eigenvalue weighted by molar-refractivity contribution is -0.110. The third-order valence-electron chi connectivity index (χ3n) is 5.99. The Hall–Kier alpha value is -3.37. The summed E-state index contributed by atoms with van der Waals surface area (Å²) in [6, 6.07) is 7.93. The van der Waals surface area contributed by atoms with E-state index in [1.54, 1.807) is 0 Å². The highest BCUT2D eigenvalue weighted by molar-refractivity contribution is 6.35. The second-order valence-electron chi connectivity index (χ2n) is 8.00. The largest absolute Gasteiger partial charge is 0.358 e. The first-order chi connectivity index (χ1) is 15.4. The number of hydrogen-bond acceptors (Lipinski definition) is 4. The van der Waals surface area contributed by atoms with Crippen LogP contribution < -0.4 is 10.6 Å². The summed E-state index contributed by atoms with van der Waals surface area (Å²) in [5, 5.41) is 14.8. The molecule has 0 fully saturated rings. The van der Waals surface area contributed by atoms with E-state index in [-0.39, 0.29) is 11.8 Å². The van der Waals surface area contributed by atoms with Crippen molar-refractivity contribution in [3.63, 3.8) is 0 Å². The van der Waals surface area contributed by atoms with Crippen molar-refractivity contribution in [1.82, 2.24) is 15.2 Å². The zero-order chi connectivity index (χ0) is 23.3. The van der Waals surface area contributed by atoms with Gasteiger partial charge in [-0.2, -0.15) is 5.26 Å². The van der Waals surface area contributed by atoms with Crippen LogP contribution in [-0.2, 0) is 11.2 Å². The number of benzene rings is 1. The molecule has 7 nitrogen and oxygen atoms in total. The first kappa shape index (κ1) is 23.3. The maximum atomic E-state index is 12.8. The molecule has 1 aliphatic heterocycles. The van der Waals surface area contributed by atoms with E-state index in [2.05, 4.69) is 40.4 Å². The summed E-state index contributed by atoms with van der Waals surface area (Å²) in [7, 11) is 0. The Balaban J connectivity index is 1.84. The number of aryl methyl sites for hydroxylation is 2. The number of H-pyrrole nitrogens is 1. The van der Waals surface area contributed by atoms with Crippen molar-refractivity contribution in [2.24, 2.45) is 0 Å². The van der Waals surface area contributed by atoms with Crippen LogP contribution >= 0.6 is 0 Å². The number of hydrogen-bond donors (Lipinski definition) is 3. The lowest BCUT2D eigenvalue weighted by Crippen LogP contribution is -2.35. The van der Waals surface area contributed by atoms with Crippen molar-refractivity contribution >= 4 is 29.2 Å². The predicted molar refractivity (Wildman–Crippen MR) is 127 cm³/mol. The Morgan fingerprint density at radius 1 is 1.25 bits per heavy atom. The quantitative estimate of drug-likeness (QED) is 0.526. The average Bonchev–Trinajstić information content (AvgIpc) is 3.24. The minimum absolute atomic E-state index is 0.108. The number of amides is 2. The van der Waals surface area contributed by atoms with Gasteiger partial charge in [-0.05, 0) is 62.7 Å². The molecule has 7 heteroatoms. The van der Waals surface area contributed by atoms with Gasteiger partial charge in [-0.1, -0.05) is 19.9 Å². The van der Waals surface area contributed by atoms with Crippen LogP contribution in [0.2, 0.25) is 0 Å². The number of fused-ring (bicyclic) bond motifs is 1. The second-order valence-corrected chi connectivity index (χ2v) is 8.00. The monoisotopic (exact) mass is 433 g/mol. The van der Waals surface area contributed by atoms with Gasteiger partial charge in [0.1, 0.15) is 0 Å². The lowest BCUT2D eigenvalue weighted by Gasteiger charge is -2.18. The zero-order valence-corrected chi connectivity index (χ0v) is 19.3. The van der Waals surface area contributed by atoms with Crippen molar-refractivity contribution < 1.29 is 9.59 Å². The first-order valence-corrected chi connectivity index (χ1v) is 11.1. The highest BCUT2D eigenvalue weighted by Gasteiger charge is 2.26. The molecule has 0 atom stereocenters. The third kappa shape index (κ3) is 4.92. The Labute approximate surface area is 189 Å². The smallest absolute Gasteiger partial charge is 0.256 e. The number of nitrogens with zero attached hydrogens (tertiary/aromatic N) is 2. The zero-order valence-electron chi connectivity index (χ0n) is 19.3. The normalized spacial score (nSPS) is 13.9. The molecule has 0 spiro atoms. The van der Waals surface area contributed by atoms with E-state index in [1.165, 1.54) is 0 Å². The molecule has 3 rings (SSSR count). The third-order valence-corrected chi connectivity index (χ3v) is 5.99. The van der Waals surface area contributed by atoms with Crippen LogP contribution in [0.15, 0.2) is 18.2 Å². The van der Waals surface area contributed by atoms with E-state index >= 15 is 0 Å². The van der Waals surface area contributed by atoms with E-state index in [0.29, 0.717) is 30.5 Å². The number of carbonyl (C=O) groups is 2. The highest BCUT2D eigenvalue weighted by atomic mass is 16.2. The topological polar surface area (TPSA) is 101 Å². The van der Waals surface area contributed by atoms with Gasteiger partial charge in [0.05, 0.1) is 17.2 Å². The Morgan fingerprint density at radius 3 is 2.69 bits per heavy atom. The maximum Gasteiger partial charge on any atom is 0.256 e. The summed E-state index contributed by atoms with van der Waals surface area (Å²) in [5.41, 5.74) is 6.11. The molecule has 0 bridgehead atoms.